The van der Waals surface area contributed by atoms with Crippen LogP contribution in [-0.2, 0) is 13.1 Å². The predicted octanol–water partition coefficient (Wildman–Crippen LogP) is 6.39. The number of pyridine rings is 2. The Hall–Kier alpha value is -2.23. The predicted molar refractivity (Wildman–Crippen MR) is 114 cm³/mol. The van der Waals surface area contributed by atoms with Gasteiger partial charge in [-0.3, -0.25) is 0 Å². The van der Waals surface area contributed by atoms with Crippen molar-refractivity contribution in [1.29, 1.82) is 0 Å². The van der Waals surface area contributed by atoms with E-state index < -0.39 is 0 Å². The molecule has 0 unspecified atom stereocenters. The summed E-state index contributed by atoms with van der Waals surface area (Å²) in [4.78, 5) is 14.3. The normalized spacial score (nSPS) is 13.2. The summed E-state index contributed by atoms with van der Waals surface area (Å²) in [7, 11) is 9.53. The second-order valence-electron chi connectivity index (χ2n) is 6.18. The van der Waals surface area contributed by atoms with E-state index in [2.05, 4.69) is 30.3 Å². The van der Waals surface area contributed by atoms with E-state index in [1.165, 1.54) is 0 Å². The molecule has 1 aliphatic heterocycles. The van der Waals surface area contributed by atoms with Crippen molar-refractivity contribution >= 4 is 53.4 Å². The third-order valence-corrected chi connectivity index (χ3v) is 4.50. The van der Waals surface area contributed by atoms with Gasteiger partial charge in [0.1, 0.15) is 0 Å². The van der Waals surface area contributed by atoms with E-state index >= 15 is 0 Å². The monoisotopic (exact) mass is 447 g/mol. The summed E-state index contributed by atoms with van der Waals surface area (Å²) in [5.41, 5.74) is 5.76. The van der Waals surface area contributed by atoms with E-state index in [4.69, 9.17) is 35.2 Å². The van der Waals surface area contributed by atoms with Crippen LogP contribution in [0.15, 0.2) is 83.9 Å². The van der Waals surface area contributed by atoms with Crippen LogP contribution in [0.2, 0.25) is 0 Å². The number of halogens is 2. The van der Waals surface area contributed by atoms with Crippen molar-refractivity contribution < 1.29 is 13.1 Å². The summed E-state index contributed by atoms with van der Waals surface area (Å²) < 4.78 is 0. The van der Waals surface area contributed by atoms with E-state index in [9.17, 15) is 0 Å². The number of aliphatic imine (C=N–C) groups is 1. The van der Waals surface area contributed by atoms with Crippen LogP contribution in [-0.4, -0.2) is 15.7 Å². The Kier molecular flexibility index (Phi) is 6.04. The van der Waals surface area contributed by atoms with Crippen LogP contribution in [0.5, 0.6) is 0 Å². The van der Waals surface area contributed by atoms with Gasteiger partial charge in [-0.15, -0.1) is 0 Å². The van der Waals surface area contributed by atoms with E-state index in [0.29, 0.717) is 0 Å². The van der Waals surface area contributed by atoms with Gasteiger partial charge in [0.25, 0.3) is 0 Å². The Morgan fingerprint density at radius 1 is 0.679 bits per heavy atom. The number of fused-ring (bicyclic) bond motifs is 2. The third-order valence-electron chi connectivity index (χ3n) is 4.50. The number of allylic oxidation sites excluding steroid dienone is 1. The number of nitrogens with zero attached hydrogens (tertiary/aromatic N) is 3. The molecule has 2 aromatic heterocycles. The molecule has 0 saturated heterocycles. The second-order valence-corrected chi connectivity index (χ2v) is 8.00. The first-order valence-corrected chi connectivity index (χ1v) is 11.7. The number of rotatable bonds is 2. The average molecular weight is 448 g/mol. The molecule has 0 fully saturated rings. The van der Waals surface area contributed by atoms with Crippen LogP contribution in [0.3, 0.4) is 0 Å². The maximum atomic E-state index is 4.79. The summed E-state index contributed by atoms with van der Waals surface area (Å²) in [6.45, 7) is 0. The zero-order valence-corrected chi connectivity index (χ0v) is 17.3. The summed E-state index contributed by atoms with van der Waals surface area (Å²) >= 11 is 0.194. The zero-order valence-electron chi connectivity index (χ0n) is 14.7. The molecule has 4 aromatic rings. The number of benzene rings is 2. The molecule has 1 aliphatic rings. The molecule has 0 atom stereocenters. The van der Waals surface area contributed by atoms with Crippen molar-refractivity contribution in [2.45, 2.75) is 6.42 Å². The molecule has 3 heterocycles. The molecule has 0 radical (unpaired) electrons. The Morgan fingerprint density at radius 3 is 1.86 bits per heavy atom. The van der Waals surface area contributed by atoms with Crippen molar-refractivity contribution in [2.24, 2.45) is 4.99 Å². The Balaban J connectivity index is 0.000000604. The number of hydrogen-bond acceptors (Lipinski definition) is 3. The van der Waals surface area contributed by atoms with Gasteiger partial charge in [-0.05, 0) is 24.3 Å². The van der Waals surface area contributed by atoms with Gasteiger partial charge in [0.15, 0.2) is 0 Å². The molecule has 5 rings (SSSR count). The van der Waals surface area contributed by atoms with Crippen molar-refractivity contribution in [3.8, 4) is 0 Å². The van der Waals surface area contributed by atoms with Gasteiger partial charge in [0, 0.05) is 17.2 Å². The average Bonchev–Trinajstić information content (AvgIpc) is 3.24. The molecule has 140 valence electrons. The van der Waals surface area contributed by atoms with Crippen molar-refractivity contribution in [3.63, 3.8) is 0 Å². The number of para-hydroxylation sites is 2. The van der Waals surface area contributed by atoms with E-state index in [1.54, 1.807) is 0 Å². The SMILES string of the molecule is C1=C(c2ccc3ccccc3n2)N=C(c2ccc3ccccc3n2)C1.[Cl][Fe][Cl]. The third kappa shape index (κ3) is 4.11. The zero-order chi connectivity index (χ0) is 19.3. The van der Waals surface area contributed by atoms with Crippen molar-refractivity contribution in [3.05, 3.63) is 90.3 Å². The van der Waals surface area contributed by atoms with Crippen LogP contribution in [0.25, 0.3) is 27.5 Å². The van der Waals surface area contributed by atoms with Crippen LogP contribution < -0.4 is 0 Å². The topological polar surface area (TPSA) is 38.1 Å². The molecular formula is C22H15Cl2FeN3. The van der Waals surface area contributed by atoms with Crippen LogP contribution in [0, 0.1) is 0 Å². The van der Waals surface area contributed by atoms with Gasteiger partial charge < -0.3 is 0 Å². The minimum atomic E-state index is 0.194. The molecular weight excluding hydrogens is 433 g/mol. The van der Waals surface area contributed by atoms with Gasteiger partial charge in [-0.2, -0.15) is 0 Å². The first-order chi connectivity index (χ1) is 13.8. The number of aromatic nitrogens is 2. The van der Waals surface area contributed by atoms with Crippen molar-refractivity contribution in [2.75, 3.05) is 0 Å². The fourth-order valence-electron chi connectivity index (χ4n) is 3.19. The molecule has 6 heteroatoms. The summed E-state index contributed by atoms with van der Waals surface area (Å²) in [6.07, 6.45) is 2.92. The van der Waals surface area contributed by atoms with Crippen LogP contribution in [0.1, 0.15) is 17.8 Å². The Bertz CT molecular complexity index is 1200. The molecule has 0 aliphatic carbocycles. The quantitative estimate of drug-likeness (QED) is 0.333. The van der Waals surface area contributed by atoms with Gasteiger partial charge in [0.05, 0.1) is 33.8 Å². The maximum absolute atomic E-state index is 4.79. The van der Waals surface area contributed by atoms with Gasteiger partial charge in [0.2, 0.25) is 0 Å². The van der Waals surface area contributed by atoms with E-state index in [1.807, 2.05) is 48.5 Å². The van der Waals surface area contributed by atoms with Crippen molar-refractivity contribution in [1.82, 2.24) is 9.97 Å². The van der Waals surface area contributed by atoms with Gasteiger partial charge >= 0.3 is 33.3 Å². The van der Waals surface area contributed by atoms with Gasteiger partial charge in [-0.25, -0.2) is 15.0 Å². The molecule has 28 heavy (non-hydrogen) atoms. The molecule has 3 nitrogen and oxygen atoms in total. The second kappa shape index (κ2) is 8.85. The van der Waals surface area contributed by atoms with Gasteiger partial charge in [-0.1, -0.05) is 54.6 Å². The van der Waals surface area contributed by atoms with E-state index in [-0.39, 0.29) is 13.1 Å². The van der Waals surface area contributed by atoms with Crippen LogP contribution >= 0.6 is 20.2 Å². The molecule has 0 spiro atoms. The molecule has 2 aromatic carbocycles. The van der Waals surface area contributed by atoms with Crippen LogP contribution in [0.4, 0.5) is 0 Å². The standard InChI is InChI=1S/C22H15N3.2ClH.Fe/c1-3-7-17-15(5-1)9-11-19(23-17)21-13-14-22(25-21)20-12-10-16-6-2-4-8-18(16)24-20;;;/h1-13H,14H2;2*1H;/q;;;+2/p-2. The Labute approximate surface area is 177 Å². The summed E-state index contributed by atoms with van der Waals surface area (Å²) in [5, 5.41) is 2.29. The Morgan fingerprint density at radius 2 is 1.21 bits per heavy atom. The fraction of sp³-hybridized carbons (Fsp3) is 0.0455. The first kappa shape index (κ1) is 19.1. The summed E-state index contributed by atoms with van der Waals surface area (Å²) in [6, 6.07) is 24.6. The molecule has 0 saturated carbocycles. The van der Waals surface area contributed by atoms with E-state index in [0.717, 1.165) is 51.0 Å². The summed E-state index contributed by atoms with van der Waals surface area (Å²) in [5.74, 6) is 0. The number of hydrogen-bond donors (Lipinski definition) is 0. The molecule has 0 N–H and O–H groups in total. The minimum absolute atomic E-state index is 0.194. The molecule has 0 amide bonds. The molecule has 0 bridgehead atoms. The first-order valence-electron chi connectivity index (χ1n) is 8.64. The fourth-order valence-corrected chi connectivity index (χ4v) is 3.19.